The maximum atomic E-state index is 5.27. The van der Waals surface area contributed by atoms with Crippen LogP contribution < -0.4 is 0 Å². The molecule has 0 rings (SSSR count). The molecular formula is C16H32OS. The van der Waals surface area contributed by atoms with Crippen molar-refractivity contribution in [2.24, 2.45) is 0 Å². The lowest BCUT2D eigenvalue weighted by molar-refractivity contribution is 0.325. The van der Waals surface area contributed by atoms with E-state index in [1.807, 2.05) is 6.92 Å². The lowest BCUT2D eigenvalue weighted by Crippen LogP contribution is -2.00. The topological polar surface area (TPSA) is 9.23 Å². The zero-order chi connectivity index (χ0) is 13.5. The molecule has 0 heterocycles. The van der Waals surface area contributed by atoms with Gasteiger partial charge in [0.15, 0.2) is 5.05 Å². The Morgan fingerprint density at radius 3 is 1.61 bits per heavy atom. The van der Waals surface area contributed by atoms with Gasteiger partial charge in [-0.3, -0.25) is 0 Å². The summed E-state index contributed by atoms with van der Waals surface area (Å²) in [5, 5.41) is 0.799. The molecule has 18 heavy (non-hydrogen) atoms. The lowest BCUT2D eigenvalue weighted by atomic mass is 10.1. The van der Waals surface area contributed by atoms with E-state index in [2.05, 4.69) is 6.92 Å². The van der Waals surface area contributed by atoms with Crippen molar-refractivity contribution in [2.45, 2.75) is 90.9 Å². The third-order valence-electron chi connectivity index (χ3n) is 3.29. The number of thiocarbonyl (C=S) groups is 1. The van der Waals surface area contributed by atoms with E-state index in [1.54, 1.807) is 0 Å². The van der Waals surface area contributed by atoms with Crippen molar-refractivity contribution in [2.75, 3.05) is 6.61 Å². The smallest absolute Gasteiger partial charge is 0.159 e. The largest absolute Gasteiger partial charge is 0.487 e. The molecule has 0 aromatic carbocycles. The predicted octanol–water partition coefficient (Wildman–Crippen LogP) is 6.05. The van der Waals surface area contributed by atoms with Gasteiger partial charge >= 0.3 is 0 Å². The molecule has 1 nitrogen and oxygen atoms in total. The minimum atomic E-state index is 0.719. The second-order valence-corrected chi connectivity index (χ2v) is 5.55. The van der Waals surface area contributed by atoms with Crippen LogP contribution in [0.2, 0.25) is 0 Å². The molecule has 0 spiro atoms. The SMILES string of the molecule is CCCCCCCCCCCCCC(=S)OCC. The van der Waals surface area contributed by atoms with Gasteiger partial charge in [-0.25, -0.2) is 0 Å². The summed E-state index contributed by atoms with van der Waals surface area (Å²) in [5.74, 6) is 0. The van der Waals surface area contributed by atoms with Crippen LogP contribution in [0.1, 0.15) is 90.9 Å². The molecule has 0 saturated carbocycles. The van der Waals surface area contributed by atoms with Gasteiger partial charge in [-0.15, -0.1) is 0 Å². The summed E-state index contributed by atoms with van der Waals surface area (Å²) in [6, 6.07) is 0. The highest BCUT2D eigenvalue weighted by Gasteiger charge is 1.97. The first-order valence-electron chi connectivity index (χ1n) is 7.96. The molecule has 0 aliphatic carbocycles. The highest BCUT2D eigenvalue weighted by Crippen LogP contribution is 2.12. The fraction of sp³-hybridized carbons (Fsp3) is 0.938. The summed E-state index contributed by atoms with van der Waals surface area (Å²) in [6.07, 6.45) is 16.2. The van der Waals surface area contributed by atoms with Crippen LogP contribution >= 0.6 is 12.2 Å². The van der Waals surface area contributed by atoms with Crippen molar-refractivity contribution in [1.82, 2.24) is 0 Å². The van der Waals surface area contributed by atoms with Crippen molar-refractivity contribution in [3.8, 4) is 0 Å². The molecule has 0 atom stereocenters. The maximum Gasteiger partial charge on any atom is 0.159 e. The van der Waals surface area contributed by atoms with Crippen LogP contribution in [0.4, 0.5) is 0 Å². The number of ether oxygens (including phenoxy) is 1. The first-order chi connectivity index (χ1) is 8.81. The van der Waals surface area contributed by atoms with E-state index in [4.69, 9.17) is 17.0 Å². The zero-order valence-electron chi connectivity index (χ0n) is 12.5. The van der Waals surface area contributed by atoms with Crippen LogP contribution in [0.5, 0.6) is 0 Å². The van der Waals surface area contributed by atoms with E-state index in [0.29, 0.717) is 0 Å². The molecule has 0 saturated heterocycles. The van der Waals surface area contributed by atoms with Gasteiger partial charge in [0.2, 0.25) is 0 Å². The van der Waals surface area contributed by atoms with Crippen LogP contribution in [0.25, 0.3) is 0 Å². The molecular weight excluding hydrogens is 240 g/mol. The monoisotopic (exact) mass is 272 g/mol. The van der Waals surface area contributed by atoms with E-state index < -0.39 is 0 Å². The Balaban J connectivity index is 3.01. The Morgan fingerprint density at radius 2 is 1.17 bits per heavy atom. The van der Waals surface area contributed by atoms with E-state index in [-0.39, 0.29) is 0 Å². The first kappa shape index (κ1) is 17.9. The Hall–Kier alpha value is -0.110. The number of unbranched alkanes of at least 4 members (excludes halogenated alkanes) is 10. The van der Waals surface area contributed by atoms with Gasteiger partial charge in [0, 0.05) is 6.42 Å². The number of rotatable bonds is 13. The Morgan fingerprint density at radius 1 is 0.722 bits per heavy atom. The fourth-order valence-electron chi connectivity index (χ4n) is 2.17. The Kier molecular flexibility index (Phi) is 14.9. The molecule has 108 valence electrons. The minimum absolute atomic E-state index is 0.719. The third-order valence-corrected chi connectivity index (χ3v) is 3.61. The number of hydrogen-bond acceptors (Lipinski definition) is 2. The van der Waals surface area contributed by atoms with Crippen molar-refractivity contribution in [1.29, 1.82) is 0 Å². The highest BCUT2D eigenvalue weighted by molar-refractivity contribution is 7.80. The average molecular weight is 272 g/mol. The van der Waals surface area contributed by atoms with E-state index >= 15 is 0 Å². The molecule has 0 amide bonds. The summed E-state index contributed by atoms with van der Waals surface area (Å²) in [4.78, 5) is 0. The zero-order valence-corrected chi connectivity index (χ0v) is 13.3. The lowest BCUT2D eigenvalue weighted by Gasteiger charge is -2.04. The third kappa shape index (κ3) is 14.0. The molecule has 0 fully saturated rings. The molecule has 0 aliphatic rings. The normalized spacial score (nSPS) is 10.6. The second kappa shape index (κ2) is 14.9. The average Bonchev–Trinajstić information content (AvgIpc) is 2.36. The summed E-state index contributed by atoms with van der Waals surface area (Å²) in [5.41, 5.74) is 0. The van der Waals surface area contributed by atoms with Crippen molar-refractivity contribution >= 4 is 17.3 Å². The molecule has 0 bridgehead atoms. The molecule has 0 radical (unpaired) electrons. The van der Waals surface area contributed by atoms with Crippen LogP contribution in [0, 0.1) is 0 Å². The summed E-state index contributed by atoms with van der Waals surface area (Å²) >= 11 is 5.10. The van der Waals surface area contributed by atoms with Gasteiger partial charge in [0.25, 0.3) is 0 Å². The fourth-order valence-corrected chi connectivity index (χ4v) is 2.43. The molecule has 0 unspecified atom stereocenters. The highest BCUT2D eigenvalue weighted by atomic mass is 32.1. The van der Waals surface area contributed by atoms with Crippen molar-refractivity contribution in [3.05, 3.63) is 0 Å². The van der Waals surface area contributed by atoms with Gasteiger partial charge < -0.3 is 4.74 Å². The van der Waals surface area contributed by atoms with Gasteiger partial charge in [0.05, 0.1) is 6.61 Å². The quantitative estimate of drug-likeness (QED) is 0.298. The van der Waals surface area contributed by atoms with Gasteiger partial charge in [-0.2, -0.15) is 0 Å². The first-order valence-corrected chi connectivity index (χ1v) is 8.37. The van der Waals surface area contributed by atoms with Crippen molar-refractivity contribution in [3.63, 3.8) is 0 Å². The van der Waals surface area contributed by atoms with E-state index in [9.17, 15) is 0 Å². The molecule has 0 aromatic heterocycles. The summed E-state index contributed by atoms with van der Waals surface area (Å²) in [7, 11) is 0. The summed E-state index contributed by atoms with van der Waals surface area (Å²) in [6.45, 7) is 4.99. The Labute approximate surface area is 120 Å². The minimum Gasteiger partial charge on any atom is -0.487 e. The molecule has 0 aliphatic heterocycles. The van der Waals surface area contributed by atoms with Crippen LogP contribution in [-0.2, 0) is 4.74 Å². The second-order valence-electron chi connectivity index (χ2n) is 5.09. The molecule has 0 aromatic rings. The summed E-state index contributed by atoms with van der Waals surface area (Å²) < 4.78 is 5.27. The van der Waals surface area contributed by atoms with Gasteiger partial charge in [-0.05, 0) is 25.6 Å². The van der Waals surface area contributed by atoms with Gasteiger partial charge in [0.1, 0.15) is 0 Å². The Bertz CT molecular complexity index is 180. The van der Waals surface area contributed by atoms with Crippen molar-refractivity contribution < 1.29 is 4.74 Å². The van der Waals surface area contributed by atoms with Crippen LogP contribution in [0.15, 0.2) is 0 Å². The molecule has 0 N–H and O–H groups in total. The van der Waals surface area contributed by atoms with E-state index in [0.717, 1.165) is 18.1 Å². The maximum absolute atomic E-state index is 5.27. The number of hydrogen-bond donors (Lipinski definition) is 0. The van der Waals surface area contributed by atoms with Gasteiger partial charge in [-0.1, -0.05) is 71.1 Å². The van der Waals surface area contributed by atoms with Crippen LogP contribution in [0.3, 0.4) is 0 Å². The van der Waals surface area contributed by atoms with Crippen LogP contribution in [-0.4, -0.2) is 11.7 Å². The van der Waals surface area contributed by atoms with E-state index in [1.165, 1.54) is 70.6 Å². The standard InChI is InChI=1S/C16H32OS/c1-3-5-6-7-8-9-10-11-12-13-14-15-16(18)17-4-2/h3-15H2,1-2H3. The predicted molar refractivity (Wildman–Crippen MR) is 85.3 cm³/mol. The molecule has 2 heteroatoms.